The third kappa shape index (κ3) is 9.27. The third-order valence-corrected chi connectivity index (χ3v) is 7.55. The van der Waals surface area contributed by atoms with Crippen LogP contribution in [-0.4, -0.2) is 56.0 Å². The third-order valence-electron chi connectivity index (χ3n) is 3.68. The van der Waals surface area contributed by atoms with Crippen LogP contribution in [0.1, 0.15) is 34.1 Å². The molecule has 0 fully saturated rings. The van der Waals surface area contributed by atoms with Crippen LogP contribution in [0.5, 0.6) is 0 Å². The summed E-state index contributed by atoms with van der Waals surface area (Å²) >= 11 is 0. The number of ether oxygens (including phenoxy) is 2. The lowest BCUT2D eigenvalue weighted by Gasteiger charge is -2.44. The van der Waals surface area contributed by atoms with Crippen molar-refractivity contribution in [2.75, 3.05) is 21.3 Å². The van der Waals surface area contributed by atoms with Gasteiger partial charge in [0, 0.05) is 20.6 Å². The molecule has 2 atom stereocenters. The molecule has 0 aliphatic heterocycles. The lowest BCUT2D eigenvalue weighted by Crippen LogP contribution is -2.54. The first-order chi connectivity index (χ1) is 11.1. The van der Waals surface area contributed by atoms with Gasteiger partial charge in [0.25, 0.3) is 0 Å². The molecule has 0 radical (unpaired) electrons. The molecule has 0 saturated heterocycles. The Hall–Kier alpha value is -0.296. The van der Waals surface area contributed by atoms with Crippen molar-refractivity contribution in [3.8, 4) is 0 Å². The number of rotatable bonds is 11. The van der Waals surface area contributed by atoms with E-state index in [1.165, 1.54) is 7.11 Å². The Morgan fingerprint density at radius 2 is 1.36 bits per heavy atom. The quantitative estimate of drug-likeness (QED) is 0.301. The van der Waals surface area contributed by atoms with E-state index >= 15 is 0 Å². The van der Waals surface area contributed by atoms with Crippen LogP contribution in [0.2, 0.25) is 26.2 Å². The van der Waals surface area contributed by atoms with E-state index in [1.807, 2.05) is 40.0 Å². The summed E-state index contributed by atoms with van der Waals surface area (Å²) in [5.74, 6) is -2.77. The summed E-state index contributed by atoms with van der Waals surface area (Å²) in [5.41, 5.74) is 0. The van der Waals surface area contributed by atoms with Gasteiger partial charge in [0.05, 0.1) is 13.0 Å². The Bertz CT molecular complexity index is 440. The molecule has 0 heterocycles. The standard InChI is InChI=1S/C16H36O7Si2/c1-13(14(17)18-5)12-16(4,23-25(10,11)20-7)21-15(2,3)22-24(8,9)19-6/h13H,12H2,1-11H3. The highest BCUT2D eigenvalue weighted by molar-refractivity contribution is 6.65. The lowest BCUT2D eigenvalue weighted by molar-refractivity contribution is -0.307. The second-order valence-corrected chi connectivity index (χ2v) is 14.5. The van der Waals surface area contributed by atoms with E-state index in [2.05, 4.69) is 0 Å². The maximum Gasteiger partial charge on any atom is 0.333 e. The second-order valence-electron chi connectivity index (χ2n) is 7.68. The number of carbonyl (C=O) groups excluding carboxylic acids is 1. The van der Waals surface area contributed by atoms with Crippen molar-refractivity contribution >= 4 is 23.1 Å². The summed E-state index contributed by atoms with van der Waals surface area (Å²) in [7, 11) is -0.184. The zero-order valence-electron chi connectivity index (χ0n) is 17.6. The van der Waals surface area contributed by atoms with Gasteiger partial charge in [-0.1, -0.05) is 6.92 Å². The molecule has 0 N–H and O–H groups in total. The Morgan fingerprint density at radius 3 is 1.76 bits per heavy atom. The van der Waals surface area contributed by atoms with Gasteiger partial charge in [-0.15, -0.1) is 0 Å². The van der Waals surface area contributed by atoms with Crippen LogP contribution >= 0.6 is 0 Å². The van der Waals surface area contributed by atoms with Crippen molar-refractivity contribution in [1.82, 2.24) is 0 Å². The average molecular weight is 397 g/mol. The van der Waals surface area contributed by atoms with Crippen LogP contribution < -0.4 is 0 Å². The van der Waals surface area contributed by atoms with E-state index < -0.39 is 34.6 Å². The first-order valence-corrected chi connectivity index (χ1v) is 14.0. The monoisotopic (exact) mass is 396 g/mol. The first-order valence-electron chi connectivity index (χ1n) is 8.39. The minimum absolute atomic E-state index is 0.307. The second kappa shape index (κ2) is 9.07. The fraction of sp³-hybridized carbons (Fsp3) is 0.938. The number of carbonyl (C=O) groups is 1. The number of methoxy groups -OCH3 is 1. The van der Waals surface area contributed by atoms with Gasteiger partial charge in [0.1, 0.15) is 0 Å². The van der Waals surface area contributed by atoms with Crippen molar-refractivity contribution in [3.63, 3.8) is 0 Å². The van der Waals surface area contributed by atoms with Crippen LogP contribution in [0.3, 0.4) is 0 Å². The summed E-state index contributed by atoms with van der Waals surface area (Å²) in [4.78, 5) is 11.9. The largest absolute Gasteiger partial charge is 0.469 e. The van der Waals surface area contributed by atoms with Gasteiger partial charge >= 0.3 is 23.1 Å². The summed E-state index contributed by atoms with van der Waals surface area (Å²) in [6, 6.07) is 0. The van der Waals surface area contributed by atoms with Crippen LogP contribution in [0, 0.1) is 5.92 Å². The molecule has 2 unspecified atom stereocenters. The van der Waals surface area contributed by atoms with Crippen molar-refractivity contribution in [2.24, 2.45) is 5.92 Å². The van der Waals surface area contributed by atoms with Crippen molar-refractivity contribution in [3.05, 3.63) is 0 Å². The fourth-order valence-corrected chi connectivity index (χ4v) is 5.24. The average Bonchev–Trinajstić information content (AvgIpc) is 2.43. The van der Waals surface area contributed by atoms with Gasteiger partial charge in [-0.3, -0.25) is 4.79 Å². The van der Waals surface area contributed by atoms with Gasteiger partial charge < -0.3 is 27.2 Å². The Balaban J connectivity index is 5.47. The van der Waals surface area contributed by atoms with Gasteiger partial charge in [0.15, 0.2) is 11.6 Å². The van der Waals surface area contributed by atoms with E-state index in [1.54, 1.807) is 28.1 Å². The molecule has 0 aromatic carbocycles. The topological polar surface area (TPSA) is 72.5 Å². The Labute approximate surface area is 154 Å². The predicted molar refractivity (Wildman–Crippen MR) is 101 cm³/mol. The Kier molecular flexibility index (Phi) is 8.96. The summed E-state index contributed by atoms with van der Waals surface area (Å²) in [5, 5.41) is 0. The molecule has 0 aliphatic rings. The van der Waals surface area contributed by atoms with E-state index in [0.717, 1.165) is 0 Å². The highest BCUT2D eigenvalue weighted by atomic mass is 28.4. The summed E-state index contributed by atoms with van der Waals surface area (Å²) < 4.78 is 34.3. The van der Waals surface area contributed by atoms with Crippen LogP contribution in [-0.2, 0) is 32.0 Å². The molecule has 0 aromatic heterocycles. The zero-order valence-corrected chi connectivity index (χ0v) is 19.6. The molecule has 0 spiro atoms. The van der Waals surface area contributed by atoms with E-state index in [0.29, 0.717) is 6.42 Å². The molecule has 0 aromatic rings. The maximum atomic E-state index is 11.9. The smallest absolute Gasteiger partial charge is 0.333 e. The lowest BCUT2D eigenvalue weighted by atomic mass is 10.0. The van der Waals surface area contributed by atoms with E-state index in [-0.39, 0.29) is 5.97 Å². The van der Waals surface area contributed by atoms with Gasteiger partial charge in [-0.05, 0) is 47.0 Å². The molecule has 0 bridgehead atoms. The fourth-order valence-electron chi connectivity index (χ4n) is 2.68. The maximum absolute atomic E-state index is 11.9. The van der Waals surface area contributed by atoms with E-state index in [9.17, 15) is 4.79 Å². The molecular weight excluding hydrogens is 360 g/mol. The predicted octanol–water partition coefficient (Wildman–Crippen LogP) is 3.38. The highest BCUT2D eigenvalue weighted by Crippen LogP contribution is 2.33. The summed E-state index contributed by atoms with van der Waals surface area (Å²) in [6.45, 7) is 14.9. The van der Waals surface area contributed by atoms with Crippen molar-refractivity contribution in [2.45, 2.75) is 71.9 Å². The Morgan fingerprint density at radius 1 is 0.920 bits per heavy atom. The highest BCUT2D eigenvalue weighted by Gasteiger charge is 2.44. The first kappa shape index (κ1) is 24.7. The number of hydrogen-bond acceptors (Lipinski definition) is 7. The summed E-state index contributed by atoms with van der Waals surface area (Å²) in [6.07, 6.45) is 0.307. The normalized spacial score (nSPS) is 17.1. The molecule has 7 nitrogen and oxygen atoms in total. The van der Waals surface area contributed by atoms with Crippen molar-refractivity contribution in [1.29, 1.82) is 0 Å². The van der Waals surface area contributed by atoms with Crippen LogP contribution in [0.15, 0.2) is 0 Å². The number of hydrogen-bond donors (Lipinski definition) is 0. The minimum atomic E-state index is -2.44. The molecule has 0 amide bonds. The molecule has 0 aliphatic carbocycles. The van der Waals surface area contributed by atoms with Gasteiger partial charge in [-0.25, -0.2) is 0 Å². The molecular formula is C16H36O7Si2. The van der Waals surface area contributed by atoms with Crippen LogP contribution in [0.4, 0.5) is 0 Å². The molecule has 9 heteroatoms. The molecule has 25 heavy (non-hydrogen) atoms. The van der Waals surface area contributed by atoms with Gasteiger partial charge in [0.2, 0.25) is 0 Å². The zero-order chi connectivity index (χ0) is 20.1. The SMILES string of the molecule is COC(=O)C(C)CC(C)(OC(C)(C)O[Si](C)(C)OC)O[Si](C)(C)OC. The molecule has 0 rings (SSSR count). The van der Waals surface area contributed by atoms with E-state index in [4.69, 9.17) is 27.2 Å². The van der Waals surface area contributed by atoms with Crippen molar-refractivity contribution < 1.29 is 32.0 Å². The number of esters is 1. The molecule has 150 valence electrons. The molecule has 0 saturated carbocycles. The van der Waals surface area contributed by atoms with Crippen LogP contribution in [0.25, 0.3) is 0 Å². The van der Waals surface area contributed by atoms with Gasteiger partial charge in [-0.2, -0.15) is 0 Å². The minimum Gasteiger partial charge on any atom is -0.469 e.